The molecule has 0 saturated heterocycles. The number of aromatic amines is 1. The first-order valence-electron chi connectivity index (χ1n) is 3.61. The molecule has 3 N–H and O–H groups in total. The Morgan fingerprint density at radius 3 is 2.64 bits per heavy atom. The van der Waals surface area contributed by atoms with Crippen LogP contribution in [0, 0.1) is 6.92 Å². The molecular formula is C7H13N3O. The van der Waals surface area contributed by atoms with Gasteiger partial charge in [0.1, 0.15) is 0 Å². The van der Waals surface area contributed by atoms with Crippen molar-refractivity contribution in [2.24, 2.45) is 12.8 Å². The predicted octanol–water partition coefficient (Wildman–Crippen LogP) is -0.477. The van der Waals surface area contributed by atoms with Crippen LogP contribution in [0.15, 0.2) is 4.79 Å². The Hall–Kier alpha value is -1.03. The molecule has 0 fully saturated rings. The van der Waals surface area contributed by atoms with Crippen LogP contribution in [0.5, 0.6) is 0 Å². The van der Waals surface area contributed by atoms with Crippen molar-refractivity contribution in [1.82, 2.24) is 9.55 Å². The molecule has 1 rings (SSSR count). The van der Waals surface area contributed by atoms with Crippen molar-refractivity contribution in [3.8, 4) is 0 Å². The fourth-order valence-electron chi connectivity index (χ4n) is 1.18. The third kappa shape index (κ3) is 1.35. The topological polar surface area (TPSA) is 63.8 Å². The number of imidazole rings is 1. The van der Waals surface area contributed by atoms with Gasteiger partial charge < -0.3 is 10.7 Å². The molecule has 0 atom stereocenters. The second-order valence-electron chi connectivity index (χ2n) is 2.60. The fourth-order valence-corrected chi connectivity index (χ4v) is 1.18. The summed E-state index contributed by atoms with van der Waals surface area (Å²) in [6.07, 6.45) is 0.751. The molecule has 1 heterocycles. The van der Waals surface area contributed by atoms with Gasteiger partial charge in [0.05, 0.1) is 0 Å². The maximum Gasteiger partial charge on any atom is 0.325 e. The molecule has 0 aliphatic heterocycles. The van der Waals surface area contributed by atoms with Gasteiger partial charge in [0.25, 0.3) is 0 Å². The first kappa shape index (κ1) is 8.07. The van der Waals surface area contributed by atoms with Crippen molar-refractivity contribution in [2.45, 2.75) is 13.3 Å². The van der Waals surface area contributed by atoms with Crippen molar-refractivity contribution in [3.05, 3.63) is 21.9 Å². The normalized spacial score (nSPS) is 10.5. The highest BCUT2D eigenvalue weighted by atomic mass is 16.1. The summed E-state index contributed by atoms with van der Waals surface area (Å²) in [6.45, 7) is 2.46. The third-order valence-electron chi connectivity index (χ3n) is 1.82. The van der Waals surface area contributed by atoms with Crippen LogP contribution in [-0.2, 0) is 13.5 Å². The second kappa shape index (κ2) is 2.92. The molecule has 0 aliphatic rings. The van der Waals surface area contributed by atoms with Gasteiger partial charge in [-0.05, 0) is 13.5 Å². The van der Waals surface area contributed by atoms with E-state index < -0.39 is 0 Å². The van der Waals surface area contributed by atoms with Crippen LogP contribution in [0.3, 0.4) is 0 Å². The van der Waals surface area contributed by atoms with Gasteiger partial charge in [0.2, 0.25) is 0 Å². The van der Waals surface area contributed by atoms with Crippen LogP contribution in [0.1, 0.15) is 11.4 Å². The van der Waals surface area contributed by atoms with Crippen molar-refractivity contribution >= 4 is 0 Å². The summed E-state index contributed by atoms with van der Waals surface area (Å²) in [5, 5.41) is 0. The van der Waals surface area contributed by atoms with Gasteiger partial charge in [-0.3, -0.25) is 4.57 Å². The van der Waals surface area contributed by atoms with Crippen LogP contribution in [0.25, 0.3) is 0 Å². The lowest BCUT2D eigenvalue weighted by Crippen LogP contribution is -2.16. The number of hydrogen-bond acceptors (Lipinski definition) is 2. The van der Waals surface area contributed by atoms with Gasteiger partial charge in [-0.1, -0.05) is 0 Å². The van der Waals surface area contributed by atoms with Crippen LogP contribution >= 0.6 is 0 Å². The Morgan fingerprint density at radius 2 is 2.27 bits per heavy atom. The predicted molar refractivity (Wildman–Crippen MR) is 43.5 cm³/mol. The number of H-pyrrole nitrogens is 1. The molecular weight excluding hydrogens is 142 g/mol. The molecule has 62 valence electrons. The molecule has 0 amide bonds. The van der Waals surface area contributed by atoms with Crippen LogP contribution in [0.4, 0.5) is 0 Å². The highest BCUT2D eigenvalue weighted by Crippen LogP contribution is 2.00. The number of nitrogens with zero attached hydrogens (tertiary/aromatic N) is 1. The SMILES string of the molecule is Cc1[nH]c(=O)n(C)c1CCN. The number of rotatable bonds is 2. The number of nitrogens with two attached hydrogens (primary N) is 1. The van der Waals surface area contributed by atoms with E-state index >= 15 is 0 Å². The van der Waals surface area contributed by atoms with E-state index in [4.69, 9.17) is 5.73 Å². The van der Waals surface area contributed by atoms with Gasteiger partial charge in [-0.15, -0.1) is 0 Å². The summed E-state index contributed by atoms with van der Waals surface area (Å²) in [4.78, 5) is 13.7. The summed E-state index contributed by atoms with van der Waals surface area (Å²) in [6, 6.07) is 0. The lowest BCUT2D eigenvalue weighted by Gasteiger charge is -1.99. The van der Waals surface area contributed by atoms with Gasteiger partial charge in [-0.2, -0.15) is 0 Å². The molecule has 0 aromatic carbocycles. The minimum absolute atomic E-state index is 0.0639. The molecule has 4 heteroatoms. The molecule has 1 aromatic heterocycles. The summed E-state index contributed by atoms with van der Waals surface area (Å²) in [5.74, 6) is 0. The van der Waals surface area contributed by atoms with Crippen molar-refractivity contribution in [1.29, 1.82) is 0 Å². The van der Waals surface area contributed by atoms with E-state index in [1.807, 2.05) is 6.92 Å². The zero-order valence-electron chi connectivity index (χ0n) is 6.85. The highest BCUT2D eigenvalue weighted by molar-refractivity contribution is 5.11. The van der Waals surface area contributed by atoms with Crippen LogP contribution < -0.4 is 11.4 Å². The maximum atomic E-state index is 11.0. The van der Waals surface area contributed by atoms with Crippen molar-refractivity contribution < 1.29 is 0 Å². The zero-order chi connectivity index (χ0) is 8.43. The van der Waals surface area contributed by atoms with E-state index in [-0.39, 0.29) is 5.69 Å². The summed E-state index contributed by atoms with van der Waals surface area (Å²) in [5.41, 5.74) is 7.23. The quantitative estimate of drug-likeness (QED) is 0.606. The average molecular weight is 155 g/mol. The van der Waals surface area contributed by atoms with Gasteiger partial charge >= 0.3 is 5.69 Å². The Bertz CT molecular complexity index is 297. The molecule has 1 aromatic rings. The van der Waals surface area contributed by atoms with Crippen molar-refractivity contribution in [2.75, 3.05) is 6.54 Å². The number of hydrogen-bond donors (Lipinski definition) is 2. The third-order valence-corrected chi connectivity index (χ3v) is 1.82. The first-order chi connectivity index (χ1) is 5.16. The average Bonchev–Trinajstić information content (AvgIpc) is 2.17. The molecule has 0 aliphatic carbocycles. The van der Waals surface area contributed by atoms with Gasteiger partial charge in [-0.25, -0.2) is 4.79 Å². The first-order valence-corrected chi connectivity index (χ1v) is 3.61. The lowest BCUT2D eigenvalue weighted by atomic mass is 10.2. The largest absolute Gasteiger partial charge is 0.330 e. The molecule has 0 bridgehead atoms. The van der Waals surface area contributed by atoms with E-state index in [1.165, 1.54) is 0 Å². The second-order valence-corrected chi connectivity index (χ2v) is 2.60. The summed E-state index contributed by atoms with van der Waals surface area (Å²) < 4.78 is 1.60. The standard InChI is InChI=1S/C7H13N3O/c1-5-6(3-4-8)10(2)7(11)9-5/h3-4,8H2,1-2H3,(H,9,11). The number of aryl methyl sites for hydroxylation is 1. The molecule has 4 nitrogen and oxygen atoms in total. The molecule has 0 saturated carbocycles. The molecule has 0 radical (unpaired) electrons. The van der Waals surface area contributed by atoms with Gasteiger partial charge in [0.15, 0.2) is 0 Å². The van der Waals surface area contributed by atoms with Crippen LogP contribution in [-0.4, -0.2) is 16.1 Å². The van der Waals surface area contributed by atoms with E-state index in [0.717, 1.165) is 17.8 Å². The van der Waals surface area contributed by atoms with E-state index in [0.29, 0.717) is 6.54 Å². The van der Waals surface area contributed by atoms with E-state index in [1.54, 1.807) is 11.6 Å². The van der Waals surface area contributed by atoms with E-state index in [2.05, 4.69) is 4.98 Å². The Kier molecular flexibility index (Phi) is 2.14. The van der Waals surface area contributed by atoms with E-state index in [9.17, 15) is 4.79 Å². The van der Waals surface area contributed by atoms with Crippen molar-refractivity contribution in [3.63, 3.8) is 0 Å². The number of aromatic nitrogens is 2. The van der Waals surface area contributed by atoms with Gasteiger partial charge in [0, 0.05) is 24.9 Å². The molecule has 0 unspecified atom stereocenters. The lowest BCUT2D eigenvalue weighted by molar-refractivity contribution is 0.775. The zero-order valence-corrected chi connectivity index (χ0v) is 6.85. The monoisotopic (exact) mass is 155 g/mol. The Morgan fingerprint density at radius 1 is 1.64 bits per heavy atom. The summed E-state index contributed by atoms with van der Waals surface area (Å²) >= 11 is 0. The molecule has 0 spiro atoms. The smallest absolute Gasteiger partial charge is 0.325 e. The van der Waals surface area contributed by atoms with Crippen LogP contribution in [0.2, 0.25) is 0 Å². The minimum Gasteiger partial charge on any atom is -0.330 e. The minimum atomic E-state index is -0.0639. The Balaban J connectivity index is 3.12. The highest BCUT2D eigenvalue weighted by Gasteiger charge is 2.04. The Labute approximate surface area is 65.0 Å². The summed E-state index contributed by atoms with van der Waals surface area (Å²) in [7, 11) is 1.75. The number of nitrogens with one attached hydrogen (secondary N) is 1. The maximum absolute atomic E-state index is 11.0. The molecule has 11 heavy (non-hydrogen) atoms. The fraction of sp³-hybridized carbons (Fsp3) is 0.571.